The molecule has 4 rings (SSSR count). The first-order valence-corrected chi connectivity index (χ1v) is 6.93. The number of nitrogens with zero attached hydrogens (tertiary/aromatic N) is 2. The Morgan fingerprint density at radius 2 is 2.26 bits per heavy atom. The molecule has 1 aromatic rings. The second kappa shape index (κ2) is 4.10. The minimum atomic E-state index is -0.238. The third-order valence-corrected chi connectivity index (χ3v) is 4.47. The average Bonchev–Trinajstić information content (AvgIpc) is 2.79. The van der Waals surface area contributed by atoms with Gasteiger partial charge >= 0.3 is 6.09 Å². The van der Waals surface area contributed by atoms with E-state index in [0.29, 0.717) is 11.8 Å². The summed E-state index contributed by atoms with van der Waals surface area (Å²) in [6.07, 6.45) is 3.50. The number of carbonyl (C=O) groups is 1. The summed E-state index contributed by atoms with van der Waals surface area (Å²) in [5.74, 6) is 0. The Balaban J connectivity index is 1.93. The molecule has 0 aromatic carbocycles. The highest BCUT2D eigenvalue weighted by molar-refractivity contribution is 6.29. The predicted molar refractivity (Wildman–Crippen MR) is 72.0 cm³/mol. The van der Waals surface area contributed by atoms with Crippen LogP contribution in [0, 0.1) is 5.41 Å². The SMILES string of the molecule is CCOC(=O)N1CC2(C)CC1(c1ccc(Cl)nc1)C2. The van der Waals surface area contributed by atoms with Gasteiger partial charge in [-0.25, -0.2) is 9.78 Å². The average molecular weight is 281 g/mol. The number of amides is 1. The lowest BCUT2D eigenvalue weighted by Gasteiger charge is -2.46. The Labute approximate surface area is 117 Å². The van der Waals surface area contributed by atoms with Crippen LogP contribution in [0.4, 0.5) is 4.79 Å². The number of hydrogen-bond acceptors (Lipinski definition) is 3. The fourth-order valence-electron chi connectivity index (χ4n) is 3.65. The minimum Gasteiger partial charge on any atom is -0.450 e. The van der Waals surface area contributed by atoms with Gasteiger partial charge in [0.25, 0.3) is 0 Å². The molecule has 2 aliphatic heterocycles. The van der Waals surface area contributed by atoms with Gasteiger partial charge in [0.15, 0.2) is 0 Å². The van der Waals surface area contributed by atoms with Gasteiger partial charge < -0.3 is 4.74 Å². The first-order chi connectivity index (χ1) is 8.99. The molecule has 2 bridgehead atoms. The van der Waals surface area contributed by atoms with Gasteiger partial charge in [-0.15, -0.1) is 0 Å². The highest BCUT2D eigenvalue weighted by atomic mass is 35.5. The summed E-state index contributed by atoms with van der Waals surface area (Å²) < 4.78 is 5.18. The summed E-state index contributed by atoms with van der Waals surface area (Å²) in [6.45, 7) is 5.21. The second-order valence-electron chi connectivity index (χ2n) is 5.85. The number of aromatic nitrogens is 1. The number of hydrogen-bond donors (Lipinski definition) is 0. The van der Waals surface area contributed by atoms with Crippen LogP contribution in [-0.4, -0.2) is 29.1 Å². The highest BCUT2D eigenvalue weighted by Gasteiger charge is 2.65. The molecule has 5 heteroatoms. The Kier molecular flexibility index (Phi) is 2.75. The van der Waals surface area contributed by atoms with E-state index in [1.165, 1.54) is 0 Å². The summed E-state index contributed by atoms with van der Waals surface area (Å²) >= 11 is 5.84. The number of carbonyl (C=O) groups excluding carboxylic acids is 1. The zero-order valence-electron chi connectivity index (χ0n) is 11.1. The molecule has 0 spiro atoms. The minimum absolute atomic E-state index is 0.215. The number of ether oxygens (including phenoxy) is 1. The first kappa shape index (κ1) is 12.7. The summed E-state index contributed by atoms with van der Waals surface area (Å²) in [7, 11) is 0. The van der Waals surface area contributed by atoms with E-state index in [0.717, 1.165) is 24.9 Å². The lowest BCUT2D eigenvalue weighted by molar-refractivity contribution is 0.0493. The molecule has 3 fully saturated rings. The zero-order valence-corrected chi connectivity index (χ0v) is 11.9. The molecule has 4 nitrogen and oxygen atoms in total. The van der Waals surface area contributed by atoms with Crippen molar-refractivity contribution in [2.45, 2.75) is 32.2 Å². The fraction of sp³-hybridized carbons (Fsp3) is 0.571. The van der Waals surface area contributed by atoms with Crippen molar-refractivity contribution < 1.29 is 9.53 Å². The Morgan fingerprint density at radius 1 is 1.53 bits per heavy atom. The van der Waals surface area contributed by atoms with Gasteiger partial charge in [-0.2, -0.15) is 0 Å². The summed E-state index contributed by atoms with van der Waals surface area (Å²) in [5.41, 5.74) is 1.03. The molecule has 102 valence electrons. The Hall–Kier alpha value is -1.29. The third-order valence-electron chi connectivity index (χ3n) is 4.25. The molecular formula is C14H17ClN2O2. The van der Waals surface area contributed by atoms with E-state index in [2.05, 4.69) is 11.9 Å². The van der Waals surface area contributed by atoms with Crippen molar-refractivity contribution in [2.75, 3.05) is 13.2 Å². The monoisotopic (exact) mass is 280 g/mol. The van der Waals surface area contributed by atoms with Gasteiger partial charge in [0.1, 0.15) is 5.15 Å². The molecule has 0 N–H and O–H groups in total. The summed E-state index contributed by atoms with van der Waals surface area (Å²) in [4.78, 5) is 18.1. The van der Waals surface area contributed by atoms with Crippen LogP contribution in [0.25, 0.3) is 0 Å². The number of fused-ring (bicyclic) bond motifs is 1. The van der Waals surface area contributed by atoms with E-state index >= 15 is 0 Å². The molecule has 1 saturated carbocycles. The molecule has 3 aliphatic rings. The van der Waals surface area contributed by atoms with E-state index in [4.69, 9.17) is 16.3 Å². The lowest BCUT2D eigenvalue weighted by Crippen LogP contribution is -2.47. The van der Waals surface area contributed by atoms with Crippen molar-refractivity contribution in [3.63, 3.8) is 0 Å². The molecular weight excluding hydrogens is 264 g/mol. The number of halogens is 1. The van der Waals surface area contributed by atoms with Crippen LogP contribution in [0.5, 0.6) is 0 Å². The molecule has 0 unspecified atom stereocenters. The lowest BCUT2D eigenvalue weighted by atomic mass is 9.61. The summed E-state index contributed by atoms with van der Waals surface area (Å²) in [5, 5.41) is 0.475. The van der Waals surface area contributed by atoms with E-state index in [-0.39, 0.29) is 17.0 Å². The molecule has 2 saturated heterocycles. The van der Waals surface area contributed by atoms with Crippen LogP contribution in [0.2, 0.25) is 5.15 Å². The number of pyridine rings is 1. The van der Waals surface area contributed by atoms with Crippen LogP contribution in [-0.2, 0) is 10.3 Å². The molecule has 3 heterocycles. The van der Waals surface area contributed by atoms with E-state index in [1.807, 2.05) is 17.9 Å². The van der Waals surface area contributed by atoms with Gasteiger partial charge in [-0.3, -0.25) is 4.90 Å². The van der Waals surface area contributed by atoms with Crippen molar-refractivity contribution in [1.29, 1.82) is 0 Å². The maximum atomic E-state index is 12.1. The van der Waals surface area contributed by atoms with E-state index in [9.17, 15) is 4.79 Å². The van der Waals surface area contributed by atoms with Gasteiger partial charge in [-0.1, -0.05) is 24.6 Å². The topological polar surface area (TPSA) is 42.4 Å². The summed E-state index contributed by atoms with van der Waals surface area (Å²) in [6, 6.07) is 3.75. The van der Waals surface area contributed by atoms with Crippen molar-refractivity contribution in [3.8, 4) is 0 Å². The highest BCUT2D eigenvalue weighted by Crippen LogP contribution is 2.64. The zero-order chi connectivity index (χ0) is 13.7. The molecule has 1 aliphatic carbocycles. The molecule has 0 radical (unpaired) electrons. The molecule has 1 aromatic heterocycles. The normalized spacial score (nSPS) is 32.1. The maximum Gasteiger partial charge on any atom is 0.410 e. The van der Waals surface area contributed by atoms with Crippen LogP contribution in [0.1, 0.15) is 32.3 Å². The Morgan fingerprint density at radius 3 is 2.84 bits per heavy atom. The first-order valence-electron chi connectivity index (χ1n) is 6.56. The number of rotatable bonds is 2. The second-order valence-corrected chi connectivity index (χ2v) is 6.24. The quantitative estimate of drug-likeness (QED) is 0.781. The Bertz CT molecular complexity index is 509. The van der Waals surface area contributed by atoms with Crippen molar-refractivity contribution >= 4 is 17.7 Å². The van der Waals surface area contributed by atoms with Crippen LogP contribution in [0.3, 0.4) is 0 Å². The molecule has 19 heavy (non-hydrogen) atoms. The smallest absolute Gasteiger partial charge is 0.410 e. The third kappa shape index (κ3) is 1.81. The van der Waals surface area contributed by atoms with Crippen molar-refractivity contribution in [2.24, 2.45) is 5.41 Å². The molecule has 1 amide bonds. The fourth-order valence-corrected chi connectivity index (χ4v) is 3.76. The molecule has 0 atom stereocenters. The van der Waals surface area contributed by atoms with Crippen molar-refractivity contribution in [3.05, 3.63) is 29.0 Å². The van der Waals surface area contributed by atoms with E-state index < -0.39 is 0 Å². The standard InChI is InChI=1S/C14H17ClN2O2/c1-3-19-12(18)17-9-13(2)7-14(17,8-13)10-4-5-11(15)16-6-10/h4-6H,3,7-9H2,1-2H3. The van der Waals surface area contributed by atoms with Gasteiger partial charge in [0, 0.05) is 12.7 Å². The van der Waals surface area contributed by atoms with Crippen LogP contribution >= 0.6 is 11.6 Å². The van der Waals surface area contributed by atoms with Gasteiger partial charge in [-0.05, 0) is 36.8 Å². The largest absolute Gasteiger partial charge is 0.450 e. The van der Waals surface area contributed by atoms with Crippen LogP contribution in [0.15, 0.2) is 18.3 Å². The van der Waals surface area contributed by atoms with Gasteiger partial charge in [0.2, 0.25) is 0 Å². The maximum absolute atomic E-state index is 12.1. The van der Waals surface area contributed by atoms with Crippen LogP contribution < -0.4 is 0 Å². The van der Waals surface area contributed by atoms with Gasteiger partial charge in [0.05, 0.1) is 12.1 Å². The van der Waals surface area contributed by atoms with Crippen molar-refractivity contribution in [1.82, 2.24) is 9.88 Å². The predicted octanol–water partition coefficient (Wildman–Crippen LogP) is 3.20. The van der Waals surface area contributed by atoms with E-state index in [1.54, 1.807) is 12.3 Å².